The van der Waals surface area contributed by atoms with Gasteiger partial charge in [0.25, 0.3) is 5.91 Å². The summed E-state index contributed by atoms with van der Waals surface area (Å²) in [6, 6.07) is 7.97. The second-order valence-electron chi connectivity index (χ2n) is 5.54. The molecule has 0 saturated carbocycles. The van der Waals surface area contributed by atoms with Gasteiger partial charge in [-0.3, -0.25) is 9.36 Å². The van der Waals surface area contributed by atoms with E-state index < -0.39 is 0 Å². The lowest BCUT2D eigenvalue weighted by Crippen LogP contribution is -2.30. The number of hydrogen-bond donors (Lipinski definition) is 0. The van der Waals surface area contributed by atoms with E-state index in [1.807, 2.05) is 23.2 Å². The average molecular weight is 324 g/mol. The first-order valence-corrected chi connectivity index (χ1v) is 8.49. The van der Waals surface area contributed by atoms with E-state index in [2.05, 4.69) is 21.4 Å². The van der Waals surface area contributed by atoms with Gasteiger partial charge in [0.05, 0.1) is 6.04 Å². The van der Waals surface area contributed by atoms with Gasteiger partial charge in [-0.15, -0.1) is 11.3 Å². The summed E-state index contributed by atoms with van der Waals surface area (Å²) in [6.45, 7) is 0.810. The van der Waals surface area contributed by atoms with Crippen LogP contribution >= 0.6 is 11.3 Å². The fourth-order valence-corrected chi connectivity index (χ4v) is 3.91. The maximum absolute atomic E-state index is 13.0. The predicted molar refractivity (Wildman–Crippen MR) is 88.7 cm³/mol. The molecule has 23 heavy (non-hydrogen) atoms. The minimum atomic E-state index is 0.0738. The monoisotopic (exact) mass is 324 g/mol. The van der Waals surface area contributed by atoms with Crippen molar-refractivity contribution in [2.24, 2.45) is 0 Å². The van der Waals surface area contributed by atoms with Crippen LogP contribution in [0.15, 0.2) is 54.6 Å². The first-order chi connectivity index (χ1) is 11.3. The van der Waals surface area contributed by atoms with Crippen LogP contribution in [0.25, 0.3) is 5.82 Å². The Kier molecular flexibility index (Phi) is 3.67. The van der Waals surface area contributed by atoms with Gasteiger partial charge < -0.3 is 4.90 Å². The fourth-order valence-electron chi connectivity index (χ4n) is 3.04. The Morgan fingerprint density at radius 1 is 1.30 bits per heavy atom. The van der Waals surface area contributed by atoms with E-state index in [1.54, 1.807) is 40.7 Å². The summed E-state index contributed by atoms with van der Waals surface area (Å²) in [7, 11) is 0. The van der Waals surface area contributed by atoms with Crippen LogP contribution < -0.4 is 0 Å². The molecule has 0 N–H and O–H groups in total. The van der Waals surface area contributed by atoms with Crippen molar-refractivity contribution < 1.29 is 4.79 Å². The second-order valence-corrected chi connectivity index (χ2v) is 6.52. The molecule has 0 aliphatic carbocycles. The third kappa shape index (κ3) is 2.66. The van der Waals surface area contributed by atoms with E-state index in [0.717, 1.165) is 19.4 Å². The number of nitrogens with zero attached hydrogens (tertiary/aromatic N) is 4. The number of rotatable bonds is 3. The minimum Gasteiger partial charge on any atom is -0.331 e. The number of pyridine rings is 1. The molecule has 3 aromatic rings. The molecule has 0 radical (unpaired) electrons. The molecule has 3 aromatic heterocycles. The van der Waals surface area contributed by atoms with Crippen LogP contribution in [0.3, 0.4) is 0 Å². The highest BCUT2D eigenvalue weighted by Gasteiger charge is 2.31. The first-order valence-electron chi connectivity index (χ1n) is 7.62. The number of likely N-dealkylation sites (tertiary alicyclic amines) is 1. The Morgan fingerprint density at radius 2 is 2.26 bits per heavy atom. The van der Waals surface area contributed by atoms with Crippen molar-refractivity contribution >= 4 is 17.2 Å². The summed E-state index contributed by atoms with van der Waals surface area (Å²) in [5, 5.41) is 2.07. The Bertz CT molecular complexity index is 798. The van der Waals surface area contributed by atoms with E-state index in [9.17, 15) is 4.79 Å². The van der Waals surface area contributed by atoms with Gasteiger partial charge in [0.2, 0.25) is 0 Å². The van der Waals surface area contributed by atoms with Gasteiger partial charge in [0.1, 0.15) is 12.1 Å². The van der Waals surface area contributed by atoms with Gasteiger partial charge in [-0.1, -0.05) is 6.07 Å². The van der Waals surface area contributed by atoms with Crippen LogP contribution in [-0.2, 0) is 0 Å². The Balaban J connectivity index is 1.63. The quantitative estimate of drug-likeness (QED) is 0.743. The average Bonchev–Trinajstić information content (AvgIpc) is 3.35. The van der Waals surface area contributed by atoms with E-state index >= 15 is 0 Å². The molecule has 116 valence electrons. The summed E-state index contributed by atoms with van der Waals surface area (Å²) in [6.07, 6.45) is 8.96. The number of amides is 1. The summed E-state index contributed by atoms with van der Waals surface area (Å²) in [5.41, 5.74) is 0.673. The lowest BCUT2D eigenvalue weighted by molar-refractivity contribution is 0.0737. The molecule has 0 aromatic carbocycles. The molecule has 1 amide bonds. The highest BCUT2D eigenvalue weighted by Crippen LogP contribution is 2.35. The van der Waals surface area contributed by atoms with Crippen molar-refractivity contribution in [3.05, 3.63) is 65.0 Å². The van der Waals surface area contributed by atoms with Crippen LogP contribution in [0, 0.1) is 0 Å². The normalized spacial score (nSPS) is 17.6. The molecule has 1 saturated heterocycles. The molecule has 1 fully saturated rings. The Hall–Kier alpha value is -2.47. The molecule has 1 aliphatic heterocycles. The second kappa shape index (κ2) is 5.96. The van der Waals surface area contributed by atoms with Crippen molar-refractivity contribution in [2.75, 3.05) is 6.54 Å². The molecule has 0 spiro atoms. The van der Waals surface area contributed by atoms with Crippen LogP contribution in [0.5, 0.6) is 0 Å². The van der Waals surface area contributed by atoms with Gasteiger partial charge in [0, 0.05) is 35.6 Å². The van der Waals surface area contributed by atoms with Crippen LogP contribution in [0.4, 0.5) is 0 Å². The molecule has 1 atom stereocenters. The zero-order valence-corrected chi connectivity index (χ0v) is 13.3. The number of carbonyl (C=O) groups excluding carboxylic acids is 1. The number of hydrogen-bond acceptors (Lipinski definition) is 4. The highest BCUT2D eigenvalue weighted by atomic mass is 32.1. The van der Waals surface area contributed by atoms with Gasteiger partial charge in [0.15, 0.2) is 0 Å². The summed E-state index contributed by atoms with van der Waals surface area (Å²) >= 11 is 1.72. The minimum absolute atomic E-state index is 0.0738. The standard InChI is InChI=1S/C17H16N4OS/c22-17(21-8-1-3-14(21)15-4-2-10-23-15)13-5-6-19-16(11-13)20-9-7-18-12-20/h2,4-7,9-12,14H,1,3,8H2/t14-/m1/s1. The molecular weight excluding hydrogens is 308 g/mol. The molecule has 5 nitrogen and oxygen atoms in total. The largest absolute Gasteiger partial charge is 0.331 e. The molecular formula is C17H16N4OS. The predicted octanol–water partition coefficient (Wildman–Crippen LogP) is 3.31. The van der Waals surface area contributed by atoms with E-state index in [4.69, 9.17) is 0 Å². The Labute approximate surface area is 138 Å². The summed E-state index contributed by atoms with van der Waals surface area (Å²) in [4.78, 5) is 24.5. The number of carbonyl (C=O) groups is 1. The molecule has 4 heterocycles. The summed E-state index contributed by atoms with van der Waals surface area (Å²) in [5.74, 6) is 0.782. The van der Waals surface area contributed by atoms with Crippen molar-refractivity contribution in [1.82, 2.24) is 19.4 Å². The zero-order valence-electron chi connectivity index (χ0n) is 12.5. The van der Waals surface area contributed by atoms with Crippen LogP contribution in [0.2, 0.25) is 0 Å². The SMILES string of the molecule is O=C(c1ccnc(-n2ccnc2)c1)N1CCC[C@@H]1c1cccs1. The summed E-state index contributed by atoms with van der Waals surface area (Å²) < 4.78 is 1.80. The van der Waals surface area contributed by atoms with E-state index in [-0.39, 0.29) is 11.9 Å². The highest BCUT2D eigenvalue weighted by molar-refractivity contribution is 7.10. The van der Waals surface area contributed by atoms with Gasteiger partial charge in [-0.2, -0.15) is 0 Å². The van der Waals surface area contributed by atoms with Gasteiger partial charge in [-0.25, -0.2) is 9.97 Å². The number of imidazole rings is 1. The van der Waals surface area contributed by atoms with Crippen molar-refractivity contribution in [2.45, 2.75) is 18.9 Å². The smallest absolute Gasteiger partial charge is 0.254 e. The van der Waals surface area contributed by atoms with Crippen LogP contribution in [0.1, 0.15) is 34.1 Å². The first kappa shape index (κ1) is 14.1. The Morgan fingerprint density at radius 3 is 3.04 bits per heavy atom. The number of thiophene rings is 1. The van der Waals surface area contributed by atoms with Gasteiger partial charge in [-0.05, 0) is 36.4 Å². The zero-order chi connectivity index (χ0) is 15.6. The van der Waals surface area contributed by atoms with Gasteiger partial charge >= 0.3 is 0 Å². The molecule has 6 heteroatoms. The molecule has 0 unspecified atom stereocenters. The maximum Gasteiger partial charge on any atom is 0.254 e. The van der Waals surface area contributed by atoms with Crippen molar-refractivity contribution in [1.29, 1.82) is 0 Å². The topological polar surface area (TPSA) is 51.0 Å². The van der Waals surface area contributed by atoms with E-state index in [1.165, 1.54) is 4.88 Å². The molecule has 1 aliphatic rings. The van der Waals surface area contributed by atoms with E-state index in [0.29, 0.717) is 11.4 Å². The third-order valence-corrected chi connectivity index (χ3v) is 5.12. The lowest BCUT2D eigenvalue weighted by atomic mass is 10.1. The molecule has 4 rings (SSSR count). The van der Waals surface area contributed by atoms with Crippen molar-refractivity contribution in [3.63, 3.8) is 0 Å². The molecule has 0 bridgehead atoms. The fraction of sp³-hybridized carbons (Fsp3) is 0.235. The maximum atomic E-state index is 13.0. The van der Waals surface area contributed by atoms with Crippen molar-refractivity contribution in [3.8, 4) is 5.82 Å². The number of aromatic nitrogens is 3. The van der Waals surface area contributed by atoms with Crippen LogP contribution in [-0.4, -0.2) is 31.9 Å². The lowest BCUT2D eigenvalue weighted by Gasteiger charge is -2.24. The third-order valence-electron chi connectivity index (χ3n) is 4.15.